The molecule has 68 heavy (non-hydrogen) atoms. The first-order chi connectivity index (χ1) is 33.5. The molecule has 0 rings (SSSR count). The minimum atomic E-state index is -0.792. The van der Waals surface area contributed by atoms with Gasteiger partial charge in [-0.1, -0.05) is 241 Å². The average Bonchev–Trinajstić information content (AvgIpc) is 3.34. The molecule has 1 atom stereocenters. The van der Waals surface area contributed by atoms with Crippen molar-refractivity contribution < 1.29 is 28.6 Å². The molecular weight excluding hydrogens is 841 g/mol. The Morgan fingerprint density at radius 3 is 0.868 bits per heavy atom. The van der Waals surface area contributed by atoms with E-state index in [0.717, 1.165) is 89.9 Å². The third-order valence-electron chi connectivity index (χ3n) is 12.4. The van der Waals surface area contributed by atoms with Crippen LogP contribution in [-0.4, -0.2) is 37.2 Å². The van der Waals surface area contributed by atoms with E-state index >= 15 is 0 Å². The molecule has 0 aliphatic heterocycles. The normalized spacial score (nSPS) is 12.6. The zero-order chi connectivity index (χ0) is 49.3. The molecule has 0 bridgehead atoms. The Hall–Kier alpha value is -3.15. The van der Waals surface area contributed by atoms with Gasteiger partial charge in [0.05, 0.1) is 0 Å². The molecule has 0 aliphatic carbocycles. The van der Waals surface area contributed by atoms with Gasteiger partial charge in [-0.25, -0.2) is 0 Å². The van der Waals surface area contributed by atoms with Gasteiger partial charge in [0, 0.05) is 19.3 Å². The molecule has 6 heteroatoms. The Bertz CT molecular complexity index is 1270. The summed E-state index contributed by atoms with van der Waals surface area (Å²) in [6.45, 7) is 6.57. The van der Waals surface area contributed by atoms with Crippen LogP contribution in [0.2, 0.25) is 0 Å². The van der Waals surface area contributed by atoms with Crippen molar-refractivity contribution >= 4 is 17.9 Å². The predicted octanol–water partition coefficient (Wildman–Crippen LogP) is 19.4. The maximum atomic E-state index is 12.8. The van der Waals surface area contributed by atoms with Crippen molar-refractivity contribution in [2.45, 2.75) is 290 Å². The van der Waals surface area contributed by atoms with Crippen LogP contribution in [0.15, 0.2) is 72.9 Å². The molecule has 0 amide bonds. The van der Waals surface area contributed by atoms with Crippen LogP contribution < -0.4 is 0 Å². The van der Waals surface area contributed by atoms with Crippen LogP contribution >= 0.6 is 0 Å². The number of unbranched alkanes of at least 4 members (excludes halogenated alkanes) is 29. The van der Waals surface area contributed by atoms with Gasteiger partial charge in [-0.2, -0.15) is 0 Å². The minimum Gasteiger partial charge on any atom is -0.462 e. The average molecular weight is 950 g/mol. The number of esters is 3. The molecule has 392 valence electrons. The van der Waals surface area contributed by atoms with Crippen LogP contribution in [0.4, 0.5) is 0 Å². The van der Waals surface area contributed by atoms with Crippen molar-refractivity contribution in [3.8, 4) is 0 Å². The van der Waals surface area contributed by atoms with Crippen molar-refractivity contribution in [3.63, 3.8) is 0 Å². The third kappa shape index (κ3) is 53.8. The van der Waals surface area contributed by atoms with E-state index in [4.69, 9.17) is 14.2 Å². The second-order valence-corrected chi connectivity index (χ2v) is 19.2. The number of ether oxygens (including phenoxy) is 3. The summed E-state index contributed by atoms with van der Waals surface area (Å²) < 4.78 is 16.8. The van der Waals surface area contributed by atoms with Crippen LogP contribution in [0, 0.1) is 0 Å². The standard InChI is InChI=1S/C62H108O6/c1-4-7-10-13-16-19-22-25-27-29-31-33-35-37-40-43-46-49-52-55-61(64)67-58-59(57-66-60(63)54-51-48-45-42-39-24-21-18-15-12-9-6-3)68-62(65)56-53-50-47-44-41-38-36-34-32-30-28-26-23-20-17-14-11-8-5-2/h16-17,19-20,25-28,32,34,38,41,59H,4-15,18,21-24,29-31,33,35-37,39-40,42-58H2,1-3H3/b19-16-,20-17-,27-25-,28-26-,34-32-,41-38-/t59-/m0/s1. The van der Waals surface area contributed by atoms with Crippen molar-refractivity contribution in [1.29, 1.82) is 0 Å². The fourth-order valence-corrected chi connectivity index (χ4v) is 8.04. The lowest BCUT2D eigenvalue weighted by Gasteiger charge is -2.18. The Labute approximate surface area is 421 Å². The Kier molecular flexibility index (Phi) is 53.8. The molecule has 0 aromatic heterocycles. The summed E-state index contributed by atoms with van der Waals surface area (Å²) >= 11 is 0. The van der Waals surface area contributed by atoms with Crippen molar-refractivity contribution in [1.82, 2.24) is 0 Å². The second kappa shape index (κ2) is 56.4. The Morgan fingerprint density at radius 2 is 0.529 bits per heavy atom. The highest BCUT2D eigenvalue weighted by Crippen LogP contribution is 2.15. The van der Waals surface area contributed by atoms with Gasteiger partial charge in [-0.3, -0.25) is 14.4 Å². The molecule has 0 aromatic carbocycles. The van der Waals surface area contributed by atoms with Gasteiger partial charge in [0.1, 0.15) is 13.2 Å². The number of rotatable bonds is 52. The van der Waals surface area contributed by atoms with Crippen molar-refractivity contribution in [3.05, 3.63) is 72.9 Å². The number of hydrogen-bond donors (Lipinski definition) is 0. The SMILES string of the molecule is CCCCC/C=C\C/C=C\C/C=C\C/C=C\CCCCCC(=O)O[C@H](COC(=O)CCCCCCCCCCC/C=C\C/C=C\CCCCC)COC(=O)CCCCCCCCCCCCCC. The molecule has 0 saturated carbocycles. The van der Waals surface area contributed by atoms with Gasteiger partial charge in [0.25, 0.3) is 0 Å². The van der Waals surface area contributed by atoms with Crippen LogP contribution in [0.1, 0.15) is 284 Å². The highest BCUT2D eigenvalue weighted by molar-refractivity contribution is 5.71. The molecule has 6 nitrogen and oxygen atoms in total. The second-order valence-electron chi connectivity index (χ2n) is 19.2. The van der Waals surface area contributed by atoms with E-state index in [1.165, 1.54) is 154 Å². The van der Waals surface area contributed by atoms with Crippen LogP contribution in [0.3, 0.4) is 0 Å². The first-order valence-electron chi connectivity index (χ1n) is 28.9. The molecule has 0 spiro atoms. The zero-order valence-electron chi connectivity index (χ0n) is 44.9. The van der Waals surface area contributed by atoms with Gasteiger partial charge < -0.3 is 14.2 Å². The molecule has 0 heterocycles. The molecule has 0 aliphatic rings. The van der Waals surface area contributed by atoms with Gasteiger partial charge in [0.2, 0.25) is 0 Å². The van der Waals surface area contributed by atoms with Crippen LogP contribution in [-0.2, 0) is 28.6 Å². The van der Waals surface area contributed by atoms with Crippen molar-refractivity contribution in [2.24, 2.45) is 0 Å². The smallest absolute Gasteiger partial charge is 0.306 e. The molecular formula is C62H108O6. The lowest BCUT2D eigenvalue weighted by Crippen LogP contribution is -2.30. The summed E-state index contributed by atoms with van der Waals surface area (Å²) in [5.41, 5.74) is 0. The zero-order valence-corrected chi connectivity index (χ0v) is 44.9. The predicted molar refractivity (Wildman–Crippen MR) is 293 cm³/mol. The molecule has 0 aromatic rings. The first-order valence-corrected chi connectivity index (χ1v) is 28.9. The number of allylic oxidation sites excluding steroid dienone is 12. The Morgan fingerprint density at radius 1 is 0.294 bits per heavy atom. The Balaban J connectivity index is 4.41. The van der Waals surface area contributed by atoms with Gasteiger partial charge >= 0.3 is 17.9 Å². The maximum absolute atomic E-state index is 12.8. The first kappa shape index (κ1) is 64.8. The molecule has 0 unspecified atom stereocenters. The summed E-state index contributed by atoms with van der Waals surface area (Å²) in [5.74, 6) is -0.915. The van der Waals surface area contributed by atoms with Crippen molar-refractivity contribution in [2.75, 3.05) is 13.2 Å². The molecule has 0 fully saturated rings. The van der Waals surface area contributed by atoms with E-state index in [9.17, 15) is 14.4 Å². The number of carbonyl (C=O) groups excluding carboxylic acids is 3. The van der Waals surface area contributed by atoms with E-state index in [1.807, 2.05) is 0 Å². The summed E-state index contributed by atoms with van der Waals surface area (Å²) in [6, 6.07) is 0. The number of hydrogen-bond acceptors (Lipinski definition) is 6. The van der Waals surface area contributed by atoms with E-state index in [-0.39, 0.29) is 31.1 Å². The largest absolute Gasteiger partial charge is 0.462 e. The fourth-order valence-electron chi connectivity index (χ4n) is 8.04. The minimum absolute atomic E-state index is 0.0876. The van der Waals surface area contributed by atoms with E-state index in [1.54, 1.807) is 0 Å². The summed E-state index contributed by atoms with van der Waals surface area (Å²) in [7, 11) is 0. The van der Waals surface area contributed by atoms with Gasteiger partial charge in [-0.05, 0) is 96.3 Å². The lowest BCUT2D eigenvalue weighted by atomic mass is 10.0. The highest BCUT2D eigenvalue weighted by atomic mass is 16.6. The lowest BCUT2D eigenvalue weighted by molar-refractivity contribution is -0.167. The maximum Gasteiger partial charge on any atom is 0.306 e. The monoisotopic (exact) mass is 949 g/mol. The van der Waals surface area contributed by atoms with E-state index in [0.29, 0.717) is 19.3 Å². The van der Waals surface area contributed by atoms with Gasteiger partial charge in [-0.15, -0.1) is 0 Å². The van der Waals surface area contributed by atoms with Gasteiger partial charge in [0.15, 0.2) is 6.10 Å². The van der Waals surface area contributed by atoms with E-state index in [2.05, 4.69) is 93.7 Å². The van der Waals surface area contributed by atoms with Crippen LogP contribution in [0.25, 0.3) is 0 Å². The summed E-state index contributed by atoms with van der Waals surface area (Å²) in [6.07, 6.45) is 71.7. The number of carbonyl (C=O) groups is 3. The summed E-state index contributed by atoms with van der Waals surface area (Å²) in [4.78, 5) is 38.1. The quantitative estimate of drug-likeness (QED) is 0.0262. The molecule has 0 radical (unpaired) electrons. The summed E-state index contributed by atoms with van der Waals surface area (Å²) in [5, 5.41) is 0. The van der Waals surface area contributed by atoms with Crippen LogP contribution in [0.5, 0.6) is 0 Å². The fraction of sp³-hybridized carbons (Fsp3) is 0.758. The highest BCUT2D eigenvalue weighted by Gasteiger charge is 2.19. The molecule has 0 saturated heterocycles. The van der Waals surface area contributed by atoms with E-state index < -0.39 is 6.10 Å². The third-order valence-corrected chi connectivity index (χ3v) is 12.4. The topological polar surface area (TPSA) is 78.9 Å². The molecule has 0 N–H and O–H groups in total.